The van der Waals surface area contributed by atoms with Crippen LogP contribution in [0.25, 0.3) is 0 Å². The predicted octanol–water partition coefficient (Wildman–Crippen LogP) is 3.77. The second-order valence-corrected chi connectivity index (χ2v) is 7.55. The number of piperazine rings is 1. The molecule has 1 amide bonds. The van der Waals surface area contributed by atoms with Crippen LogP contribution < -0.4 is 0 Å². The highest BCUT2D eigenvalue weighted by Crippen LogP contribution is 2.21. The van der Waals surface area contributed by atoms with Crippen LogP contribution in [-0.4, -0.2) is 52.0 Å². The van der Waals surface area contributed by atoms with Gasteiger partial charge in [0.1, 0.15) is 0 Å². The number of rotatable bonds is 4. The van der Waals surface area contributed by atoms with Gasteiger partial charge in [-0.2, -0.15) is 0 Å². The van der Waals surface area contributed by atoms with Crippen molar-refractivity contribution in [1.82, 2.24) is 9.80 Å². The van der Waals surface area contributed by atoms with Gasteiger partial charge in [-0.3, -0.25) is 9.69 Å². The monoisotopic (exact) mass is 386 g/mol. The molecule has 1 N–H and O–H groups in total. The van der Waals surface area contributed by atoms with Gasteiger partial charge in [-0.1, -0.05) is 23.7 Å². The van der Waals surface area contributed by atoms with Gasteiger partial charge < -0.3 is 10.0 Å². The molecule has 1 heterocycles. The molecule has 1 fully saturated rings. The molecule has 142 valence electrons. The summed E-state index contributed by atoms with van der Waals surface area (Å²) < 4.78 is 0. The number of benzene rings is 2. The molecule has 0 aliphatic carbocycles. The number of hydrogen-bond acceptors (Lipinski definition) is 3. The van der Waals surface area contributed by atoms with Crippen molar-refractivity contribution in [3.05, 3.63) is 70.2 Å². The SMILES string of the molecule is C[C@@H]1CN(Cc2ccc(C(=O)O)cc2)C[C@H](C)N1C(=O)c1ccc(Cl)cc1. The van der Waals surface area contributed by atoms with Crippen LogP contribution in [-0.2, 0) is 6.54 Å². The van der Waals surface area contributed by atoms with E-state index in [0.29, 0.717) is 16.1 Å². The lowest BCUT2D eigenvalue weighted by Gasteiger charge is -2.44. The quantitative estimate of drug-likeness (QED) is 0.868. The molecule has 0 saturated carbocycles. The van der Waals surface area contributed by atoms with E-state index in [-0.39, 0.29) is 18.0 Å². The fraction of sp³-hybridized carbons (Fsp3) is 0.333. The molecule has 27 heavy (non-hydrogen) atoms. The summed E-state index contributed by atoms with van der Waals surface area (Å²) in [6, 6.07) is 14.1. The van der Waals surface area contributed by atoms with E-state index >= 15 is 0 Å². The summed E-state index contributed by atoms with van der Waals surface area (Å²) in [5.41, 5.74) is 2.01. The Bertz CT molecular complexity index is 808. The molecule has 5 nitrogen and oxygen atoms in total. The van der Waals surface area contributed by atoms with E-state index in [1.807, 2.05) is 17.0 Å². The summed E-state index contributed by atoms with van der Waals surface area (Å²) in [7, 11) is 0. The Morgan fingerprint density at radius 2 is 1.48 bits per heavy atom. The predicted molar refractivity (Wildman–Crippen MR) is 105 cm³/mol. The average molecular weight is 387 g/mol. The molecule has 0 radical (unpaired) electrons. The van der Waals surface area contributed by atoms with Gasteiger partial charge >= 0.3 is 5.97 Å². The highest BCUT2D eigenvalue weighted by Gasteiger charge is 2.33. The summed E-state index contributed by atoms with van der Waals surface area (Å²) in [6.07, 6.45) is 0. The minimum atomic E-state index is -0.918. The largest absolute Gasteiger partial charge is 0.478 e. The molecule has 0 bridgehead atoms. The molecule has 2 aromatic rings. The number of carboxylic acids is 1. The van der Waals surface area contributed by atoms with Crippen molar-refractivity contribution in [3.63, 3.8) is 0 Å². The van der Waals surface area contributed by atoms with E-state index in [2.05, 4.69) is 18.7 Å². The Hall–Kier alpha value is -2.37. The third-order valence-corrected chi connectivity index (χ3v) is 5.18. The van der Waals surface area contributed by atoms with Crippen LogP contribution in [0.4, 0.5) is 0 Å². The Kier molecular flexibility index (Phi) is 5.82. The summed E-state index contributed by atoms with van der Waals surface area (Å²) in [5.74, 6) is -0.893. The number of nitrogens with zero attached hydrogens (tertiary/aromatic N) is 2. The first-order chi connectivity index (χ1) is 12.8. The molecule has 1 aliphatic heterocycles. The van der Waals surface area contributed by atoms with Crippen molar-refractivity contribution in [2.45, 2.75) is 32.5 Å². The van der Waals surface area contributed by atoms with Gasteiger partial charge in [0.15, 0.2) is 0 Å². The first kappa shape index (κ1) is 19.4. The standard InChI is InChI=1S/C21H23ClN2O3/c1-14-11-23(13-16-3-5-18(6-4-16)21(26)27)12-15(2)24(14)20(25)17-7-9-19(22)10-8-17/h3-10,14-15H,11-13H2,1-2H3,(H,26,27)/t14-,15+. The molecule has 0 aromatic heterocycles. The maximum absolute atomic E-state index is 12.9. The Morgan fingerprint density at radius 3 is 2.00 bits per heavy atom. The molecule has 3 rings (SSSR count). The second kappa shape index (κ2) is 8.11. The zero-order chi connectivity index (χ0) is 19.6. The fourth-order valence-electron chi connectivity index (χ4n) is 3.71. The number of carbonyl (C=O) groups excluding carboxylic acids is 1. The van der Waals surface area contributed by atoms with Crippen molar-refractivity contribution >= 4 is 23.5 Å². The Labute approximate surface area is 164 Å². The lowest BCUT2D eigenvalue weighted by Crippen LogP contribution is -2.58. The highest BCUT2D eigenvalue weighted by atomic mass is 35.5. The number of carboxylic acid groups (broad SMARTS) is 1. The van der Waals surface area contributed by atoms with Crippen LogP contribution in [0.5, 0.6) is 0 Å². The zero-order valence-corrected chi connectivity index (χ0v) is 16.2. The van der Waals surface area contributed by atoms with Crippen molar-refractivity contribution in [1.29, 1.82) is 0 Å². The third-order valence-electron chi connectivity index (χ3n) is 4.93. The van der Waals surface area contributed by atoms with Crippen LogP contribution in [0, 0.1) is 0 Å². The molecular formula is C21H23ClN2O3. The maximum atomic E-state index is 12.9. The molecule has 1 saturated heterocycles. The molecule has 6 heteroatoms. The minimum Gasteiger partial charge on any atom is -0.478 e. The maximum Gasteiger partial charge on any atom is 0.335 e. The summed E-state index contributed by atoms with van der Waals surface area (Å²) in [5, 5.41) is 9.62. The van der Waals surface area contributed by atoms with Gasteiger partial charge in [0.2, 0.25) is 0 Å². The van der Waals surface area contributed by atoms with Crippen LogP contribution in [0.2, 0.25) is 5.02 Å². The summed E-state index contributed by atoms with van der Waals surface area (Å²) >= 11 is 5.92. The van der Waals surface area contributed by atoms with E-state index < -0.39 is 5.97 Å². The average Bonchev–Trinajstić information content (AvgIpc) is 2.62. The van der Waals surface area contributed by atoms with E-state index in [9.17, 15) is 9.59 Å². The lowest BCUT2D eigenvalue weighted by molar-refractivity contribution is 0.0268. The fourth-order valence-corrected chi connectivity index (χ4v) is 3.84. The smallest absolute Gasteiger partial charge is 0.335 e. The first-order valence-electron chi connectivity index (χ1n) is 8.98. The molecule has 2 atom stereocenters. The van der Waals surface area contributed by atoms with Gasteiger partial charge in [-0.05, 0) is 55.8 Å². The van der Waals surface area contributed by atoms with E-state index in [1.165, 1.54) is 0 Å². The van der Waals surface area contributed by atoms with Crippen LogP contribution in [0.15, 0.2) is 48.5 Å². The van der Waals surface area contributed by atoms with Gasteiger partial charge in [-0.15, -0.1) is 0 Å². The lowest BCUT2D eigenvalue weighted by atomic mass is 10.0. The molecule has 1 aliphatic rings. The van der Waals surface area contributed by atoms with Crippen molar-refractivity contribution < 1.29 is 14.7 Å². The molecule has 0 unspecified atom stereocenters. The second-order valence-electron chi connectivity index (χ2n) is 7.11. The molecule has 2 aromatic carbocycles. The Balaban J connectivity index is 1.66. The van der Waals surface area contributed by atoms with Crippen LogP contribution in [0.1, 0.15) is 40.1 Å². The number of amides is 1. The van der Waals surface area contributed by atoms with E-state index in [0.717, 1.165) is 25.2 Å². The molecular weight excluding hydrogens is 364 g/mol. The first-order valence-corrected chi connectivity index (χ1v) is 9.35. The van der Waals surface area contributed by atoms with Gasteiger partial charge in [0.05, 0.1) is 5.56 Å². The summed E-state index contributed by atoms with van der Waals surface area (Å²) in [6.45, 7) is 6.39. The normalized spacial score (nSPS) is 20.5. The third kappa shape index (κ3) is 4.49. The highest BCUT2D eigenvalue weighted by molar-refractivity contribution is 6.30. The van der Waals surface area contributed by atoms with E-state index in [4.69, 9.17) is 16.7 Å². The molecule has 0 spiro atoms. The zero-order valence-electron chi connectivity index (χ0n) is 15.4. The summed E-state index contributed by atoms with van der Waals surface area (Å²) in [4.78, 5) is 28.1. The number of aromatic carboxylic acids is 1. The van der Waals surface area contributed by atoms with Gasteiger partial charge in [0, 0.05) is 42.3 Å². The number of carbonyl (C=O) groups is 2. The van der Waals surface area contributed by atoms with Crippen LogP contribution >= 0.6 is 11.6 Å². The topological polar surface area (TPSA) is 60.9 Å². The van der Waals surface area contributed by atoms with Crippen molar-refractivity contribution in [2.24, 2.45) is 0 Å². The van der Waals surface area contributed by atoms with Crippen molar-refractivity contribution in [2.75, 3.05) is 13.1 Å². The number of halogens is 1. The van der Waals surface area contributed by atoms with Crippen molar-refractivity contribution in [3.8, 4) is 0 Å². The van der Waals surface area contributed by atoms with Gasteiger partial charge in [0.25, 0.3) is 5.91 Å². The van der Waals surface area contributed by atoms with E-state index in [1.54, 1.807) is 36.4 Å². The van der Waals surface area contributed by atoms with Crippen LogP contribution in [0.3, 0.4) is 0 Å². The number of hydrogen-bond donors (Lipinski definition) is 1. The minimum absolute atomic E-state index is 0.0251. The van der Waals surface area contributed by atoms with Gasteiger partial charge in [-0.25, -0.2) is 4.79 Å². The Morgan fingerprint density at radius 1 is 0.963 bits per heavy atom.